The molecule has 0 rings (SSSR count). The molecular weight excluding hydrogens is 146 g/mol. The Balaban J connectivity index is 4.85. The van der Waals surface area contributed by atoms with Crippen LogP contribution in [0.1, 0.15) is 41.5 Å². The number of hydrogen-bond donors (Lipinski definition) is 0. The first-order chi connectivity index (χ1) is 5.06. The largest absolute Gasteiger partial charge is 0.324 e. The van der Waals surface area contributed by atoms with Gasteiger partial charge >= 0.3 is 0 Å². The van der Waals surface area contributed by atoms with Gasteiger partial charge in [0.15, 0.2) is 0 Å². The summed E-state index contributed by atoms with van der Waals surface area (Å²) in [5, 5.41) is 0. The van der Waals surface area contributed by atoms with Crippen LogP contribution in [0, 0.1) is 5.41 Å². The maximum absolute atomic E-state index is 2.36. The van der Waals surface area contributed by atoms with Crippen molar-refractivity contribution in [2.75, 3.05) is 20.6 Å². The predicted molar refractivity (Wildman–Crippen MR) is 56.2 cm³/mol. The summed E-state index contributed by atoms with van der Waals surface area (Å²) in [5.74, 6) is 0. The molecule has 0 atom stereocenters. The number of quaternary nitrogens is 1. The smallest absolute Gasteiger partial charge is 0.0980 e. The van der Waals surface area contributed by atoms with Crippen LogP contribution in [0.15, 0.2) is 0 Å². The van der Waals surface area contributed by atoms with Crippen LogP contribution in [0.5, 0.6) is 0 Å². The fourth-order valence-electron chi connectivity index (χ4n) is 1.30. The van der Waals surface area contributed by atoms with Crippen molar-refractivity contribution >= 4 is 0 Å². The van der Waals surface area contributed by atoms with E-state index in [0.717, 1.165) is 4.48 Å². The van der Waals surface area contributed by atoms with Crippen LogP contribution in [0.4, 0.5) is 0 Å². The van der Waals surface area contributed by atoms with Crippen molar-refractivity contribution in [3.05, 3.63) is 0 Å². The van der Waals surface area contributed by atoms with Crippen molar-refractivity contribution in [1.29, 1.82) is 0 Å². The maximum atomic E-state index is 2.36. The van der Waals surface area contributed by atoms with Crippen LogP contribution in [0.3, 0.4) is 0 Å². The molecular formula is C11H26N+. The highest BCUT2D eigenvalue weighted by molar-refractivity contribution is 4.83. The van der Waals surface area contributed by atoms with Gasteiger partial charge in [0, 0.05) is 5.41 Å². The molecule has 0 bridgehead atoms. The fraction of sp³-hybridized carbons (Fsp3) is 1.00. The van der Waals surface area contributed by atoms with Gasteiger partial charge in [0.05, 0.1) is 26.2 Å². The van der Waals surface area contributed by atoms with E-state index < -0.39 is 0 Å². The molecule has 0 saturated carbocycles. The molecule has 0 N–H and O–H groups in total. The average molecular weight is 172 g/mol. The number of hydrogen-bond acceptors (Lipinski definition) is 0. The average Bonchev–Trinajstić information content (AvgIpc) is 1.85. The van der Waals surface area contributed by atoms with Crippen molar-refractivity contribution in [1.82, 2.24) is 0 Å². The Labute approximate surface area is 78.4 Å². The summed E-state index contributed by atoms with van der Waals surface area (Å²) in [6.07, 6.45) is 0. The summed E-state index contributed by atoms with van der Waals surface area (Å²) in [6.45, 7) is 15.1. The van der Waals surface area contributed by atoms with Crippen molar-refractivity contribution in [2.45, 2.75) is 47.1 Å². The third-order valence-corrected chi connectivity index (χ3v) is 4.14. The van der Waals surface area contributed by atoms with Gasteiger partial charge in [-0.25, -0.2) is 0 Å². The minimum absolute atomic E-state index is 0.321. The number of nitrogens with zero attached hydrogens (tertiary/aromatic N) is 1. The molecule has 12 heavy (non-hydrogen) atoms. The number of rotatable bonds is 2. The molecule has 0 spiro atoms. The summed E-state index contributed by atoms with van der Waals surface area (Å²) >= 11 is 0. The van der Waals surface area contributed by atoms with Gasteiger partial charge in [-0.1, -0.05) is 20.8 Å². The second-order valence-electron chi connectivity index (χ2n) is 5.81. The lowest BCUT2D eigenvalue weighted by atomic mass is 9.74. The molecule has 1 heteroatoms. The Morgan fingerprint density at radius 3 is 1.33 bits per heavy atom. The zero-order valence-electron chi connectivity index (χ0n) is 10.2. The molecule has 0 radical (unpaired) electrons. The maximum Gasteiger partial charge on any atom is 0.0980 e. The van der Waals surface area contributed by atoms with Gasteiger partial charge in [0.1, 0.15) is 0 Å². The molecule has 0 fully saturated rings. The molecule has 74 valence electrons. The lowest BCUT2D eigenvalue weighted by molar-refractivity contribution is -0.944. The van der Waals surface area contributed by atoms with Crippen molar-refractivity contribution in [3.63, 3.8) is 0 Å². The Kier molecular flexibility index (Phi) is 3.01. The Hall–Kier alpha value is -0.0400. The minimum Gasteiger partial charge on any atom is -0.324 e. The first-order valence-electron chi connectivity index (χ1n) is 4.89. The van der Waals surface area contributed by atoms with E-state index >= 15 is 0 Å². The van der Waals surface area contributed by atoms with E-state index in [1.54, 1.807) is 0 Å². The molecule has 0 aliphatic heterocycles. The molecule has 0 aliphatic carbocycles. The van der Waals surface area contributed by atoms with Gasteiger partial charge in [0.25, 0.3) is 0 Å². The zero-order valence-corrected chi connectivity index (χ0v) is 10.2. The lowest BCUT2D eigenvalue weighted by Gasteiger charge is -2.51. The van der Waals surface area contributed by atoms with E-state index in [0.29, 0.717) is 11.0 Å². The summed E-state index contributed by atoms with van der Waals surface area (Å²) < 4.78 is 1.08. The van der Waals surface area contributed by atoms with Crippen molar-refractivity contribution in [3.8, 4) is 0 Å². The van der Waals surface area contributed by atoms with E-state index in [1.807, 2.05) is 0 Å². The summed E-state index contributed by atoms with van der Waals surface area (Å²) in [7, 11) is 4.62. The molecule has 1 nitrogen and oxygen atoms in total. The molecule has 0 aromatic heterocycles. The Morgan fingerprint density at radius 1 is 0.917 bits per heavy atom. The first-order valence-corrected chi connectivity index (χ1v) is 4.89. The first kappa shape index (κ1) is 12.0. The van der Waals surface area contributed by atoms with E-state index in [1.165, 1.54) is 6.54 Å². The second-order valence-corrected chi connectivity index (χ2v) is 5.81. The lowest BCUT2D eigenvalue weighted by Crippen LogP contribution is -2.62. The van der Waals surface area contributed by atoms with Gasteiger partial charge in [-0.2, -0.15) is 0 Å². The van der Waals surface area contributed by atoms with E-state index in [4.69, 9.17) is 0 Å². The van der Waals surface area contributed by atoms with E-state index in [2.05, 4.69) is 55.6 Å². The van der Waals surface area contributed by atoms with Crippen LogP contribution in [-0.2, 0) is 0 Å². The normalized spacial score (nSPS) is 15.0. The van der Waals surface area contributed by atoms with Gasteiger partial charge in [0.2, 0.25) is 0 Å². The topological polar surface area (TPSA) is 0 Å². The third kappa shape index (κ3) is 1.82. The predicted octanol–water partition coefficient (Wildman–Crippen LogP) is 2.91. The molecule has 0 heterocycles. The molecule has 0 unspecified atom stereocenters. The quantitative estimate of drug-likeness (QED) is 0.562. The minimum atomic E-state index is 0.321. The Bertz CT molecular complexity index is 149. The van der Waals surface area contributed by atoms with Gasteiger partial charge < -0.3 is 4.48 Å². The molecule has 0 aromatic carbocycles. The zero-order chi connectivity index (χ0) is 10.2. The molecule has 0 amide bonds. The molecule has 0 aromatic rings. The highest BCUT2D eigenvalue weighted by atomic mass is 15.4. The highest BCUT2D eigenvalue weighted by Gasteiger charge is 2.45. The van der Waals surface area contributed by atoms with Crippen LogP contribution in [0.25, 0.3) is 0 Å². The fourth-order valence-corrected chi connectivity index (χ4v) is 1.30. The van der Waals surface area contributed by atoms with Gasteiger partial charge in [-0.3, -0.25) is 0 Å². The van der Waals surface area contributed by atoms with Crippen LogP contribution in [-0.4, -0.2) is 30.7 Å². The summed E-state index contributed by atoms with van der Waals surface area (Å²) in [6, 6.07) is 0. The summed E-state index contributed by atoms with van der Waals surface area (Å²) in [5.41, 5.74) is 0.675. The highest BCUT2D eigenvalue weighted by Crippen LogP contribution is 2.37. The van der Waals surface area contributed by atoms with Crippen LogP contribution < -0.4 is 0 Å². The Morgan fingerprint density at radius 2 is 1.25 bits per heavy atom. The van der Waals surface area contributed by atoms with Crippen LogP contribution >= 0.6 is 0 Å². The standard InChI is InChI=1S/C11H26N/c1-9-12(7,8)11(5,6)10(2,3)4/h9H2,1-8H3/q+1. The van der Waals surface area contributed by atoms with E-state index in [-0.39, 0.29) is 0 Å². The third-order valence-electron chi connectivity index (χ3n) is 4.14. The van der Waals surface area contributed by atoms with E-state index in [9.17, 15) is 0 Å². The van der Waals surface area contributed by atoms with Crippen molar-refractivity contribution < 1.29 is 4.48 Å². The monoisotopic (exact) mass is 172 g/mol. The van der Waals surface area contributed by atoms with Crippen molar-refractivity contribution in [2.24, 2.45) is 5.41 Å². The molecule has 0 aliphatic rings. The SMILES string of the molecule is CC[N+](C)(C)C(C)(C)C(C)(C)C. The summed E-state index contributed by atoms with van der Waals surface area (Å²) in [4.78, 5) is 0. The molecule has 0 saturated heterocycles. The van der Waals surface area contributed by atoms with Crippen LogP contribution in [0.2, 0.25) is 0 Å². The van der Waals surface area contributed by atoms with Gasteiger partial charge in [-0.05, 0) is 20.8 Å². The second kappa shape index (κ2) is 3.02. The van der Waals surface area contributed by atoms with Gasteiger partial charge in [-0.15, -0.1) is 0 Å².